The van der Waals surface area contributed by atoms with Crippen LogP contribution in [-0.2, 0) is 11.3 Å². The number of alkyl halides is 1. The summed E-state index contributed by atoms with van der Waals surface area (Å²) in [6.45, 7) is 0.366. The van der Waals surface area contributed by atoms with Gasteiger partial charge in [-0.05, 0) is 5.56 Å². The van der Waals surface area contributed by atoms with Crippen LogP contribution in [0.25, 0.3) is 0 Å². The number of carbonyl (C=O) groups excluding carboxylic acids is 1. The summed E-state index contributed by atoms with van der Waals surface area (Å²) < 4.78 is 13.7. The van der Waals surface area contributed by atoms with Crippen molar-refractivity contribution in [2.24, 2.45) is 0 Å². The minimum atomic E-state index is -1.82. The summed E-state index contributed by atoms with van der Waals surface area (Å²) >= 11 is 0. The molecule has 1 aliphatic rings. The van der Waals surface area contributed by atoms with Crippen LogP contribution in [0, 0.1) is 0 Å². The highest BCUT2D eigenvalue weighted by molar-refractivity contribution is 5.82. The third kappa shape index (κ3) is 2.98. The number of nitrogens with zero attached hydrogens (tertiary/aromatic N) is 1. The van der Waals surface area contributed by atoms with Gasteiger partial charge in [-0.2, -0.15) is 0 Å². The number of β-amino-alcohol motifs (C(OH)–C–C–N with tert-alkyl or cyclic N) is 1. The monoisotopic (exact) mass is 282 g/mol. The van der Waals surface area contributed by atoms with Gasteiger partial charge in [-0.15, -0.1) is 0 Å². The predicted molar refractivity (Wildman–Crippen MR) is 71.6 cm³/mol. The summed E-state index contributed by atoms with van der Waals surface area (Å²) in [5.74, 6) is -0.456. The highest BCUT2D eigenvalue weighted by atomic mass is 19.1. The summed E-state index contributed by atoms with van der Waals surface area (Å²) in [5, 5.41) is 22.0. The van der Waals surface area contributed by atoms with Gasteiger partial charge in [0.25, 0.3) is 0 Å². The smallest absolute Gasteiger partial charge is 0.239 e. The molecule has 3 N–H and O–H groups in total. The van der Waals surface area contributed by atoms with E-state index < -0.39 is 30.3 Å². The Bertz CT molecular complexity index is 457. The van der Waals surface area contributed by atoms with Crippen molar-refractivity contribution < 1.29 is 19.4 Å². The normalized spacial score (nSPS) is 31.0. The van der Waals surface area contributed by atoms with Crippen molar-refractivity contribution in [1.82, 2.24) is 10.2 Å². The zero-order chi connectivity index (χ0) is 14.7. The number of rotatable bonds is 3. The summed E-state index contributed by atoms with van der Waals surface area (Å²) in [5.41, 5.74) is 0.929. The maximum absolute atomic E-state index is 13.7. The highest BCUT2D eigenvalue weighted by Crippen LogP contribution is 2.23. The van der Waals surface area contributed by atoms with Crippen molar-refractivity contribution >= 4 is 5.91 Å². The second-order valence-electron chi connectivity index (χ2n) is 4.98. The van der Waals surface area contributed by atoms with Crippen molar-refractivity contribution in [3.05, 3.63) is 35.9 Å². The van der Waals surface area contributed by atoms with E-state index in [1.165, 1.54) is 7.05 Å². The van der Waals surface area contributed by atoms with Crippen LogP contribution in [0.1, 0.15) is 5.56 Å². The predicted octanol–water partition coefficient (Wildman–Crippen LogP) is -0.323. The Kier molecular flexibility index (Phi) is 4.69. The van der Waals surface area contributed by atoms with Gasteiger partial charge in [0.05, 0.1) is 0 Å². The molecular formula is C14H19FN2O3. The van der Waals surface area contributed by atoms with Gasteiger partial charge in [0.15, 0.2) is 6.17 Å². The topological polar surface area (TPSA) is 72.8 Å². The molecule has 110 valence electrons. The van der Waals surface area contributed by atoms with Crippen LogP contribution in [0.4, 0.5) is 4.39 Å². The van der Waals surface area contributed by atoms with E-state index >= 15 is 0 Å². The van der Waals surface area contributed by atoms with E-state index in [1.54, 1.807) is 4.90 Å². The van der Waals surface area contributed by atoms with Gasteiger partial charge in [-0.3, -0.25) is 9.69 Å². The van der Waals surface area contributed by atoms with Crippen LogP contribution in [0.3, 0.4) is 0 Å². The molecule has 6 heteroatoms. The molecule has 0 aromatic heterocycles. The lowest BCUT2D eigenvalue weighted by Gasteiger charge is -2.41. The molecule has 0 aliphatic carbocycles. The lowest BCUT2D eigenvalue weighted by molar-refractivity contribution is -0.147. The molecule has 2 rings (SSSR count). The Morgan fingerprint density at radius 1 is 1.40 bits per heavy atom. The van der Waals surface area contributed by atoms with Crippen molar-refractivity contribution in [3.8, 4) is 0 Å². The second kappa shape index (κ2) is 6.30. The Labute approximate surface area is 117 Å². The quantitative estimate of drug-likeness (QED) is 0.710. The average molecular weight is 282 g/mol. The molecule has 0 bridgehead atoms. The van der Waals surface area contributed by atoms with Crippen LogP contribution >= 0.6 is 0 Å². The molecule has 4 atom stereocenters. The lowest BCUT2D eigenvalue weighted by atomic mass is 9.93. The zero-order valence-electron chi connectivity index (χ0n) is 11.2. The molecule has 1 amide bonds. The Morgan fingerprint density at radius 3 is 2.65 bits per heavy atom. The van der Waals surface area contributed by atoms with Gasteiger partial charge in [0.2, 0.25) is 5.91 Å². The van der Waals surface area contributed by atoms with E-state index in [2.05, 4.69) is 5.32 Å². The van der Waals surface area contributed by atoms with Crippen molar-refractivity contribution in [3.63, 3.8) is 0 Å². The molecule has 0 saturated carbocycles. The van der Waals surface area contributed by atoms with Gasteiger partial charge < -0.3 is 15.5 Å². The third-order valence-electron chi connectivity index (χ3n) is 3.58. The lowest BCUT2D eigenvalue weighted by Crippen LogP contribution is -2.64. The van der Waals surface area contributed by atoms with E-state index in [0.717, 1.165) is 5.56 Å². The number of benzene rings is 1. The van der Waals surface area contributed by atoms with Crippen LogP contribution in [0.5, 0.6) is 0 Å². The standard InChI is InChI=1S/C14H19FN2O3/c1-16-14(20)12-13(19)11(15)10(18)8-17(12)7-9-5-3-2-4-6-9/h2-6,10-13,18-19H,7-8H2,1H3,(H,16,20). The van der Waals surface area contributed by atoms with Crippen molar-refractivity contribution in [2.45, 2.75) is 31.0 Å². The number of aliphatic hydroxyl groups excluding tert-OH is 2. The van der Waals surface area contributed by atoms with Crippen molar-refractivity contribution in [1.29, 1.82) is 0 Å². The van der Waals surface area contributed by atoms with Gasteiger partial charge in [-0.25, -0.2) is 4.39 Å². The maximum Gasteiger partial charge on any atom is 0.239 e. The van der Waals surface area contributed by atoms with Crippen LogP contribution in [-0.4, -0.2) is 59.0 Å². The number of carbonyl (C=O) groups is 1. The summed E-state index contributed by atoms with van der Waals surface area (Å²) in [4.78, 5) is 13.5. The molecular weight excluding hydrogens is 263 g/mol. The number of aliphatic hydroxyl groups is 2. The number of piperidine rings is 1. The Hall–Kier alpha value is -1.50. The molecule has 1 heterocycles. The van der Waals surface area contributed by atoms with Crippen LogP contribution in [0.2, 0.25) is 0 Å². The Morgan fingerprint density at radius 2 is 2.05 bits per heavy atom. The largest absolute Gasteiger partial charge is 0.389 e. The molecule has 4 unspecified atom stereocenters. The molecule has 5 nitrogen and oxygen atoms in total. The first-order valence-electron chi connectivity index (χ1n) is 6.54. The fourth-order valence-electron chi connectivity index (χ4n) is 2.52. The zero-order valence-corrected chi connectivity index (χ0v) is 11.2. The van der Waals surface area contributed by atoms with E-state index in [-0.39, 0.29) is 6.54 Å². The minimum Gasteiger partial charge on any atom is -0.389 e. The first kappa shape index (κ1) is 14.9. The number of amides is 1. The number of likely N-dealkylation sites (tertiary alicyclic amines) is 1. The fourth-order valence-corrected chi connectivity index (χ4v) is 2.52. The van der Waals surface area contributed by atoms with E-state index in [9.17, 15) is 19.4 Å². The van der Waals surface area contributed by atoms with Crippen LogP contribution in [0.15, 0.2) is 30.3 Å². The van der Waals surface area contributed by atoms with E-state index in [4.69, 9.17) is 0 Å². The van der Waals surface area contributed by atoms with Crippen LogP contribution < -0.4 is 5.32 Å². The second-order valence-corrected chi connectivity index (χ2v) is 4.98. The minimum absolute atomic E-state index is 0.00517. The van der Waals surface area contributed by atoms with Gasteiger partial charge >= 0.3 is 0 Å². The van der Waals surface area contributed by atoms with Gasteiger partial charge in [-0.1, -0.05) is 30.3 Å². The molecule has 20 heavy (non-hydrogen) atoms. The Balaban J connectivity index is 2.20. The summed E-state index contributed by atoms with van der Waals surface area (Å²) in [7, 11) is 1.44. The highest BCUT2D eigenvalue weighted by Gasteiger charge is 2.45. The summed E-state index contributed by atoms with van der Waals surface area (Å²) in [6.07, 6.45) is -4.65. The fraction of sp³-hybridized carbons (Fsp3) is 0.500. The SMILES string of the molecule is CNC(=O)C1C(O)C(F)C(O)CN1Cc1ccccc1. The molecule has 1 fully saturated rings. The summed E-state index contributed by atoms with van der Waals surface area (Å²) in [6, 6.07) is 8.34. The number of hydrogen-bond acceptors (Lipinski definition) is 4. The number of likely N-dealkylation sites (N-methyl/N-ethyl adjacent to an activating group) is 1. The number of halogens is 1. The number of nitrogens with one attached hydrogen (secondary N) is 1. The van der Waals surface area contributed by atoms with Gasteiger partial charge in [0, 0.05) is 20.1 Å². The molecule has 1 saturated heterocycles. The van der Waals surface area contributed by atoms with Crippen molar-refractivity contribution in [2.75, 3.05) is 13.6 Å². The first-order chi connectivity index (χ1) is 9.54. The average Bonchev–Trinajstić information content (AvgIpc) is 2.45. The third-order valence-corrected chi connectivity index (χ3v) is 3.58. The maximum atomic E-state index is 13.7. The molecule has 1 aromatic rings. The van der Waals surface area contributed by atoms with E-state index in [0.29, 0.717) is 6.54 Å². The molecule has 0 spiro atoms. The molecule has 0 radical (unpaired) electrons. The van der Waals surface area contributed by atoms with Gasteiger partial charge in [0.1, 0.15) is 18.2 Å². The van der Waals surface area contributed by atoms with E-state index in [1.807, 2.05) is 30.3 Å². The molecule has 1 aliphatic heterocycles. The molecule has 1 aromatic carbocycles. The number of hydrogen-bond donors (Lipinski definition) is 3. The first-order valence-corrected chi connectivity index (χ1v) is 6.54.